The predicted octanol–water partition coefficient (Wildman–Crippen LogP) is 3.20. The maximum atomic E-state index is 12.4. The van der Waals surface area contributed by atoms with Crippen molar-refractivity contribution in [2.24, 2.45) is 0 Å². The molecule has 0 aliphatic rings. The van der Waals surface area contributed by atoms with E-state index in [1.807, 2.05) is 72.8 Å². The molecular weight excluding hydrogens is 324 g/mol. The number of nitrogens with one attached hydrogen (secondary N) is 2. The molecule has 0 aliphatic heterocycles. The Balaban J connectivity index is 1.56. The molecule has 0 fully saturated rings. The van der Waals surface area contributed by atoms with Crippen LogP contribution in [0.1, 0.15) is 18.1 Å². The van der Waals surface area contributed by atoms with E-state index in [9.17, 15) is 9.59 Å². The van der Waals surface area contributed by atoms with Crippen molar-refractivity contribution in [2.75, 3.05) is 0 Å². The van der Waals surface area contributed by atoms with Gasteiger partial charge in [-0.1, -0.05) is 72.8 Å². The van der Waals surface area contributed by atoms with Crippen LogP contribution in [0.2, 0.25) is 0 Å². The van der Waals surface area contributed by atoms with E-state index in [0.717, 1.165) is 21.9 Å². The first-order valence-electron chi connectivity index (χ1n) is 8.71. The van der Waals surface area contributed by atoms with Crippen LogP contribution < -0.4 is 10.6 Å². The van der Waals surface area contributed by atoms with Crippen molar-refractivity contribution >= 4 is 22.6 Å². The summed E-state index contributed by atoms with van der Waals surface area (Å²) in [6, 6.07) is 23.0. The quantitative estimate of drug-likeness (QED) is 0.720. The van der Waals surface area contributed by atoms with Crippen LogP contribution in [0.5, 0.6) is 0 Å². The highest BCUT2D eigenvalue weighted by Crippen LogP contribution is 2.18. The Morgan fingerprint density at radius 1 is 0.885 bits per heavy atom. The van der Waals surface area contributed by atoms with Crippen molar-refractivity contribution in [1.82, 2.24) is 10.6 Å². The van der Waals surface area contributed by atoms with Crippen LogP contribution in [-0.2, 0) is 22.6 Å². The summed E-state index contributed by atoms with van der Waals surface area (Å²) in [5, 5.41) is 7.79. The van der Waals surface area contributed by atoms with Gasteiger partial charge < -0.3 is 10.6 Å². The Morgan fingerprint density at radius 3 is 2.38 bits per heavy atom. The van der Waals surface area contributed by atoms with Crippen molar-refractivity contribution in [3.8, 4) is 0 Å². The van der Waals surface area contributed by atoms with Gasteiger partial charge in [0.05, 0.1) is 6.42 Å². The van der Waals surface area contributed by atoms with E-state index in [1.54, 1.807) is 6.92 Å². The summed E-state index contributed by atoms with van der Waals surface area (Å²) < 4.78 is 0. The van der Waals surface area contributed by atoms with Crippen LogP contribution in [0.4, 0.5) is 0 Å². The molecule has 3 rings (SSSR count). The molecule has 0 saturated heterocycles. The van der Waals surface area contributed by atoms with Crippen molar-refractivity contribution in [2.45, 2.75) is 25.9 Å². The molecule has 0 aliphatic carbocycles. The summed E-state index contributed by atoms with van der Waals surface area (Å²) in [6.07, 6.45) is 0.248. The molecule has 0 aromatic heterocycles. The second-order valence-corrected chi connectivity index (χ2v) is 6.31. The number of fused-ring (bicyclic) bond motifs is 1. The molecule has 0 heterocycles. The normalized spacial score (nSPS) is 11.7. The number of benzene rings is 3. The molecule has 0 saturated carbocycles. The lowest BCUT2D eigenvalue weighted by molar-refractivity contribution is -0.128. The highest BCUT2D eigenvalue weighted by Gasteiger charge is 2.16. The van der Waals surface area contributed by atoms with Gasteiger partial charge in [-0.05, 0) is 28.8 Å². The van der Waals surface area contributed by atoms with Gasteiger partial charge in [0.25, 0.3) is 0 Å². The number of amides is 2. The average molecular weight is 346 g/mol. The predicted molar refractivity (Wildman–Crippen MR) is 104 cm³/mol. The van der Waals surface area contributed by atoms with E-state index >= 15 is 0 Å². The molecule has 3 aromatic carbocycles. The number of rotatable bonds is 6. The van der Waals surface area contributed by atoms with Gasteiger partial charge in [0.15, 0.2) is 0 Å². The monoisotopic (exact) mass is 346 g/mol. The van der Waals surface area contributed by atoms with E-state index in [2.05, 4.69) is 10.6 Å². The topological polar surface area (TPSA) is 58.2 Å². The summed E-state index contributed by atoms with van der Waals surface area (Å²) in [5.41, 5.74) is 1.98. The number of hydrogen-bond acceptors (Lipinski definition) is 2. The number of carbonyl (C=O) groups is 2. The smallest absolute Gasteiger partial charge is 0.242 e. The van der Waals surface area contributed by atoms with Gasteiger partial charge in [-0.15, -0.1) is 0 Å². The van der Waals surface area contributed by atoms with Crippen molar-refractivity contribution in [3.05, 3.63) is 83.9 Å². The Morgan fingerprint density at radius 2 is 1.58 bits per heavy atom. The summed E-state index contributed by atoms with van der Waals surface area (Å²) in [5.74, 6) is -0.358. The van der Waals surface area contributed by atoms with Crippen molar-refractivity contribution in [1.29, 1.82) is 0 Å². The van der Waals surface area contributed by atoms with E-state index < -0.39 is 6.04 Å². The molecular formula is C22H22N2O2. The zero-order valence-corrected chi connectivity index (χ0v) is 14.7. The highest BCUT2D eigenvalue weighted by atomic mass is 16.2. The maximum Gasteiger partial charge on any atom is 0.242 e. The second kappa shape index (κ2) is 8.30. The SMILES string of the molecule is C[C@H](NC(=O)Cc1cccc2ccccc12)C(=O)NCc1ccccc1. The highest BCUT2D eigenvalue weighted by molar-refractivity contribution is 5.92. The van der Waals surface area contributed by atoms with Gasteiger partial charge in [0.1, 0.15) is 6.04 Å². The molecule has 0 unspecified atom stereocenters. The average Bonchev–Trinajstić information content (AvgIpc) is 2.67. The van der Waals surface area contributed by atoms with Gasteiger partial charge in [-0.25, -0.2) is 0 Å². The molecule has 2 N–H and O–H groups in total. The lowest BCUT2D eigenvalue weighted by Crippen LogP contribution is -2.45. The van der Waals surface area contributed by atoms with Gasteiger partial charge in [-0.3, -0.25) is 9.59 Å². The van der Waals surface area contributed by atoms with Gasteiger partial charge >= 0.3 is 0 Å². The Bertz CT molecular complexity index is 901. The third-order valence-corrected chi connectivity index (χ3v) is 4.31. The van der Waals surface area contributed by atoms with Crippen molar-refractivity contribution < 1.29 is 9.59 Å². The van der Waals surface area contributed by atoms with E-state index in [4.69, 9.17) is 0 Å². The van der Waals surface area contributed by atoms with Gasteiger partial charge in [0.2, 0.25) is 11.8 Å². The summed E-state index contributed by atoms with van der Waals surface area (Å²) in [7, 11) is 0. The zero-order valence-electron chi connectivity index (χ0n) is 14.7. The Labute approximate surface area is 153 Å². The van der Waals surface area contributed by atoms with Crippen LogP contribution in [0.3, 0.4) is 0 Å². The first-order chi connectivity index (χ1) is 12.6. The van der Waals surface area contributed by atoms with E-state index in [-0.39, 0.29) is 18.2 Å². The molecule has 0 bridgehead atoms. The van der Waals surface area contributed by atoms with Crippen LogP contribution in [0.25, 0.3) is 10.8 Å². The maximum absolute atomic E-state index is 12.4. The van der Waals surface area contributed by atoms with Crippen LogP contribution in [0, 0.1) is 0 Å². The molecule has 0 spiro atoms. The zero-order chi connectivity index (χ0) is 18.4. The molecule has 4 heteroatoms. The third-order valence-electron chi connectivity index (χ3n) is 4.31. The lowest BCUT2D eigenvalue weighted by atomic mass is 10.0. The minimum atomic E-state index is -0.582. The minimum absolute atomic E-state index is 0.163. The summed E-state index contributed by atoms with van der Waals surface area (Å²) in [6.45, 7) is 2.14. The first kappa shape index (κ1) is 17.7. The molecule has 3 aromatic rings. The largest absolute Gasteiger partial charge is 0.350 e. The minimum Gasteiger partial charge on any atom is -0.350 e. The van der Waals surface area contributed by atoms with Crippen LogP contribution >= 0.6 is 0 Å². The lowest BCUT2D eigenvalue weighted by Gasteiger charge is -2.15. The van der Waals surface area contributed by atoms with Crippen LogP contribution in [0.15, 0.2) is 72.8 Å². The van der Waals surface area contributed by atoms with Crippen LogP contribution in [-0.4, -0.2) is 17.9 Å². The third kappa shape index (κ3) is 4.48. The summed E-state index contributed by atoms with van der Waals surface area (Å²) in [4.78, 5) is 24.5. The van der Waals surface area contributed by atoms with Gasteiger partial charge in [0, 0.05) is 6.54 Å². The fourth-order valence-electron chi connectivity index (χ4n) is 2.92. The van der Waals surface area contributed by atoms with E-state index in [1.165, 1.54) is 0 Å². The fraction of sp³-hybridized carbons (Fsp3) is 0.182. The van der Waals surface area contributed by atoms with Gasteiger partial charge in [-0.2, -0.15) is 0 Å². The Hall–Kier alpha value is -3.14. The first-order valence-corrected chi connectivity index (χ1v) is 8.71. The number of hydrogen-bond donors (Lipinski definition) is 2. The van der Waals surface area contributed by atoms with E-state index in [0.29, 0.717) is 6.54 Å². The molecule has 1 atom stereocenters. The fourth-order valence-corrected chi connectivity index (χ4v) is 2.92. The number of carbonyl (C=O) groups excluding carboxylic acids is 2. The Kier molecular flexibility index (Phi) is 5.64. The summed E-state index contributed by atoms with van der Waals surface area (Å²) >= 11 is 0. The molecule has 4 nitrogen and oxygen atoms in total. The molecule has 132 valence electrons. The molecule has 0 radical (unpaired) electrons. The molecule has 26 heavy (non-hydrogen) atoms. The van der Waals surface area contributed by atoms with Crippen molar-refractivity contribution in [3.63, 3.8) is 0 Å². The standard InChI is InChI=1S/C22H22N2O2/c1-16(22(26)23-15-17-8-3-2-4-9-17)24-21(25)14-19-12-7-11-18-10-5-6-13-20(18)19/h2-13,16H,14-15H2,1H3,(H,23,26)(H,24,25)/t16-/m0/s1. The molecule has 2 amide bonds. The second-order valence-electron chi connectivity index (χ2n) is 6.31.